The Morgan fingerprint density at radius 1 is 0.900 bits per heavy atom. The molecule has 0 N–H and O–H groups in total. The summed E-state index contributed by atoms with van der Waals surface area (Å²) in [4.78, 5) is 23.9. The number of carbonyl (C=O) groups is 2. The second-order valence-electron chi connectivity index (χ2n) is 6.75. The van der Waals surface area contributed by atoms with Crippen LogP contribution in [0.4, 0.5) is 0 Å². The lowest BCUT2D eigenvalue weighted by atomic mass is 9.86. The van der Waals surface area contributed by atoms with Gasteiger partial charge in [-0.05, 0) is 30.7 Å². The average Bonchev–Trinajstić information content (AvgIpc) is 3.17. The monoisotopic (exact) mass is 416 g/mol. The Morgan fingerprint density at radius 2 is 1.50 bits per heavy atom. The molecule has 0 saturated carbocycles. The number of ketones is 1. The molecule has 8 heteroatoms. The van der Waals surface area contributed by atoms with E-state index in [2.05, 4.69) is 0 Å². The molecule has 0 spiro atoms. The number of hydrogen-bond acceptors (Lipinski definition) is 8. The second-order valence-corrected chi connectivity index (χ2v) is 6.75. The number of benzene rings is 2. The maximum absolute atomic E-state index is 12.1. The van der Waals surface area contributed by atoms with Crippen molar-refractivity contribution in [2.24, 2.45) is 0 Å². The molecule has 1 heterocycles. The number of Topliss-reactive ketones (excluding diaryl/α,β-unsaturated/α-hetero) is 1. The van der Waals surface area contributed by atoms with Crippen molar-refractivity contribution in [1.29, 1.82) is 0 Å². The van der Waals surface area contributed by atoms with Gasteiger partial charge in [0, 0.05) is 30.9 Å². The van der Waals surface area contributed by atoms with Gasteiger partial charge in [0.15, 0.2) is 23.0 Å². The fourth-order valence-electron chi connectivity index (χ4n) is 3.45. The SMILES string of the molecule is COc1cc([C@@H](CC(C)=O)c2cc3c(cc2OC(C)=O)OCO3)cc(OC)c1OC. The van der Waals surface area contributed by atoms with E-state index in [-0.39, 0.29) is 19.0 Å². The molecule has 2 aromatic carbocycles. The summed E-state index contributed by atoms with van der Waals surface area (Å²) in [6, 6.07) is 6.88. The quantitative estimate of drug-likeness (QED) is 0.477. The highest BCUT2D eigenvalue weighted by Crippen LogP contribution is 2.47. The molecule has 160 valence electrons. The molecule has 0 radical (unpaired) electrons. The van der Waals surface area contributed by atoms with E-state index < -0.39 is 11.9 Å². The number of carbonyl (C=O) groups excluding carboxylic acids is 2. The van der Waals surface area contributed by atoms with Gasteiger partial charge in [-0.1, -0.05) is 0 Å². The molecule has 3 rings (SSSR count). The number of hydrogen-bond donors (Lipinski definition) is 0. The number of ether oxygens (including phenoxy) is 6. The smallest absolute Gasteiger partial charge is 0.308 e. The van der Waals surface area contributed by atoms with Crippen LogP contribution in [0.15, 0.2) is 24.3 Å². The van der Waals surface area contributed by atoms with Gasteiger partial charge in [-0.3, -0.25) is 9.59 Å². The first-order valence-electron chi connectivity index (χ1n) is 9.29. The molecule has 0 aromatic heterocycles. The van der Waals surface area contributed by atoms with Crippen molar-refractivity contribution in [2.45, 2.75) is 26.2 Å². The van der Waals surface area contributed by atoms with E-state index in [0.29, 0.717) is 40.1 Å². The van der Waals surface area contributed by atoms with Crippen LogP contribution in [0.25, 0.3) is 0 Å². The summed E-state index contributed by atoms with van der Waals surface area (Å²) in [6.45, 7) is 2.89. The van der Waals surface area contributed by atoms with E-state index in [0.717, 1.165) is 5.56 Å². The van der Waals surface area contributed by atoms with Crippen molar-refractivity contribution >= 4 is 11.8 Å². The standard InChI is InChI=1S/C22H24O8/c1-12(23)6-15(14-7-20(25-3)22(27-5)21(8-14)26-4)16-9-18-19(29-11-28-18)10-17(16)30-13(2)24/h7-10,15H,6,11H2,1-5H3/t15-/m1/s1. The largest absolute Gasteiger partial charge is 0.493 e. The van der Waals surface area contributed by atoms with Gasteiger partial charge in [-0.25, -0.2) is 0 Å². The third-order valence-electron chi connectivity index (χ3n) is 4.72. The summed E-state index contributed by atoms with van der Waals surface area (Å²) in [5.74, 6) is 1.65. The van der Waals surface area contributed by atoms with Gasteiger partial charge in [0.1, 0.15) is 11.5 Å². The Labute approximate surface area is 174 Å². The van der Waals surface area contributed by atoms with E-state index in [9.17, 15) is 9.59 Å². The van der Waals surface area contributed by atoms with Crippen LogP contribution in [-0.4, -0.2) is 39.9 Å². The van der Waals surface area contributed by atoms with Gasteiger partial charge in [-0.15, -0.1) is 0 Å². The number of esters is 1. The third kappa shape index (κ3) is 4.27. The Balaban J connectivity index is 2.21. The van der Waals surface area contributed by atoms with E-state index in [1.807, 2.05) is 0 Å². The zero-order chi connectivity index (χ0) is 21.8. The van der Waals surface area contributed by atoms with Crippen molar-refractivity contribution in [1.82, 2.24) is 0 Å². The predicted octanol–water partition coefficient (Wildman–Crippen LogP) is 3.48. The fraction of sp³-hybridized carbons (Fsp3) is 0.364. The van der Waals surface area contributed by atoms with Crippen LogP contribution in [0.1, 0.15) is 37.3 Å². The van der Waals surface area contributed by atoms with Crippen LogP contribution in [0, 0.1) is 0 Å². The zero-order valence-corrected chi connectivity index (χ0v) is 17.6. The minimum atomic E-state index is -0.485. The molecule has 0 fully saturated rings. The first-order chi connectivity index (χ1) is 14.4. The summed E-state index contributed by atoms with van der Waals surface area (Å²) in [6.07, 6.45) is 0.159. The van der Waals surface area contributed by atoms with Gasteiger partial charge >= 0.3 is 5.97 Å². The van der Waals surface area contributed by atoms with Crippen LogP contribution < -0.4 is 28.4 Å². The first kappa shape index (κ1) is 21.3. The van der Waals surface area contributed by atoms with Crippen molar-refractivity contribution in [3.8, 4) is 34.5 Å². The summed E-state index contributed by atoms with van der Waals surface area (Å²) in [5, 5.41) is 0. The van der Waals surface area contributed by atoms with Crippen molar-refractivity contribution in [3.63, 3.8) is 0 Å². The highest BCUT2D eigenvalue weighted by atomic mass is 16.7. The van der Waals surface area contributed by atoms with Crippen molar-refractivity contribution in [3.05, 3.63) is 35.4 Å². The molecular weight excluding hydrogens is 392 g/mol. The molecule has 0 saturated heterocycles. The zero-order valence-electron chi connectivity index (χ0n) is 17.6. The molecule has 30 heavy (non-hydrogen) atoms. The Morgan fingerprint density at radius 3 is 2.00 bits per heavy atom. The predicted molar refractivity (Wildman–Crippen MR) is 107 cm³/mol. The van der Waals surface area contributed by atoms with Gasteiger partial charge in [0.05, 0.1) is 21.3 Å². The summed E-state index contributed by atoms with van der Waals surface area (Å²) in [5.41, 5.74) is 1.34. The van der Waals surface area contributed by atoms with Crippen LogP contribution in [0.3, 0.4) is 0 Å². The molecule has 2 aromatic rings. The minimum Gasteiger partial charge on any atom is -0.493 e. The molecule has 0 unspecified atom stereocenters. The van der Waals surface area contributed by atoms with Gasteiger partial charge in [0.2, 0.25) is 12.5 Å². The molecule has 1 aliphatic rings. The normalized spacial score (nSPS) is 12.8. The Kier molecular flexibility index (Phi) is 6.34. The highest BCUT2D eigenvalue weighted by Gasteiger charge is 2.28. The number of fused-ring (bicyclic) bond motifs is 1. The van der Waals surface area contributed by atoms with Crippen LogP contribution in [0.5, 0.6) is 34.5 Å². The lowest BCUT2D eigenvalue weighted by Gasteiger charge is -2.22. The molecule has 0 bridgehead atoms. The lowest BCUT2D eigenvalue weighted by Crippen LogP contribution is -2.11. The molecule has 0 aliphatic carbocycles. The number of rotatable bonds is 8. The second kappa shape index (κ2) is 8.94. The summed E-state index contributed by atoms with van der Waals surface area (Å²) >= 11 is 0. The maximum Gasteiger partial charge on any atom is 0.308 e. The lowest BCUT2D eigenvalue weighted by molar-refractivity contribution is -0.131. The van der Waals surface area contributed by atoms with Crippen molar-refractivity contribution in [2.75, 3.05) is 28.1 Å². The number of methoxy groups -OCH3 is 3. The highest BCUT2D eigenvalue weighted by molar-refractivity contribution is 5.78. The molecule has 8 nitrogen and oxygen atoms in total. The van der Waals surface area contributed by atoms with E-state index in [1.165, 1.54) is 35.2 Å². The third-order valence-corrected chi connectivity index (χ3v) is 4.72. The van der Waals surface area contributed by atoms with Gasteiger partial charge < -0.3 is 28.4 Å². The molecular formula is C22H24O8. The first-order valence-corrected chi connectivity index (χ1v) is 9.29. The molecule has 0 amide bonds. The van der Waals surface area contributed by atoms with E-state index >= 15 is 0 Å². The van der Waals surface area contributed by atoms with Gasteiger partial charge in [-0.2, -0.15) is 0 Å². The molecule has 1 atom stereocenters. The summed E-state index contributed by atoms with van der Waals surface area (Å²) in [7, 11) is 4.56. The van der Waals surface area contributed by atoms with Crippen LogP contribution in [0.2, 0.25) is 0 Å². The van der Waals surface area contributed by atoms with Crippen LogP contribution >= 0.6 is 0 Å². The van der Waals surface area contributed by atoms with Gasteiger partial charge in [0.25, 0.3) is 0 Å². The topological polar surface area (TPSA) is 89.5 Å². The summed E-state index contributed by atoms with van der Waals surface area (Å²) < 4.78 is 32.7. The Hall–Kier alpha value is -3.42. The minimum absolute atomic E-state index is 0.0415. The van der Waals surface area contributed by atoms with Crippen molar-refractivity contribution < 1.29 is 38.0 Å². The maximum atomic E-state index is 12.1. The van der Waals surface area contributed by atoms with E-state index in [1.54, 1.807) is 24.3 Å². The Bertz CT molecular complexity index is 941. The average molecular weight is 416 g/mol. The van der Waals surface area contributed by atoms with Crippen LogP contribution in [-0.2, 0) is 9.59 Å². The van der Waals surface area contributed by atoms with E-state index in [4.69, 9.17) is 28.4 Å². The fourth-order valence-corrected chi connectivity index (χ4v) is 3.45. The molecule has 1 aliphatic heterocycles.